The Hall–Kier alpha value is -1.55. The molecule has 4 heteroatoms. The van der Waals surface area contributed by atoms with Gasteiger partial charge in [-0.1, -0.05) is 25.1 Å². The van der Waals surface area contributed by atoms with E-state index in [2.05, 4.69) is 10.6 Å². The maximum Gasteiger partial charge on any atom is 0.224 e. The molecule has 1 aliphatic rings. The summed E-state index contributed by atoms with van der Waals surface area (Å²) in [6, 6.07) is 7.81. The monoisotopic (exact) mass is 234 g/mol. The maximum atomic E-state index is 11.9. The van der Waals surface area contributed by atoms with Gasteiger partial charge in [0.15, 0.2) is 0 Å². The van der Waals surface area contributed by atoms with Crippen LogP contribution in [0.2, 0.25) is 0 Å². The van der Waals surface area contributed by atoms with E-state index in [1.54, 1.807) is 0 Å². The van der Waals surface area contributed by atoms with E-state index in [9.17, 15) is 4.79 Å². The molecular formula is C13H18N2O2. The summed E-state index contributed by atoms with van der Waals surface area (Å²) >= 11 is 0. The second-order valence-corrected chi connectivity index (χ2v) is 4.37. The lowest BCUT2D eigenvalue weighted by molar-refractivity contribution is -0.125. The van der Waals surface area contributed by atoms with Crippen LogP contribution in [0.15, 0.2) is 24.3 Å². The fourth-order valence-electron chi connectivity index (χ4n) is 2.00. The molecule has 0 saturated carbocycles. The summed E-state index contributed by atoms with van der Waals surface area (Å²) in [7, 11) is 1.85. The Morgan fingerprint density at radius 3 is 3.06 bits per heavy atom. The van der Waals surface area contributed by atoms with Gasteiger partial charge in [-0.3, -0.25) is 4.79 Å². The number of amides is 1. The lowest BCUT2D eigenvalue weighted by Gasteiger charge is -2.15. The van der Waals surface area contributed by atoms with Gasteiger partial charge in [0, 0.05) is 18.0 Å². The summed E-state index contributed by atoms with van der Waals surface area (Å²) in [4.78, 5) is 11.9. The van der Waals surface area contributed by atoms with E-state index in [-0.39, 0.29) is 17.9 Å². The molecule has 0 aromatic heterocycles. The van der Waals surface area contributed by atoms with Crippen LogP contribution in [0.25, 0.3) is 0 Å². The van der Waals surface area contributed by atoms with E-state index >= 15 is 0 Å². The van der Waals surface area contributed by atoms with E-state index in [0.29, 0.717) is 13.2 Å². The minimum atomic E-state index is -0.0345. The molecule has 1 heterocycles. The first-order chi connectivity index (χ1) is 8.22. The number of carbonyl (C=O) groups is 1. The van der Waals surface area contributed by atoms with E-state index in [1.807, 2.05) is 38.2 Å². The van der Waals surface area contributed by atoms with Gasteiger partial charge in [-0.05, 0) is 13.1 Å². The third kappa shape index (κ3) is 2.58. The highest BCUT2D eigenvalue weighted by Gasteiger charge is 2.26. The Bertz CT molecular complexity index is 406. The van der Waals surface area contributed by atoms with E-state index in [4.69, 9.17) is 4.74 Å². The predicted octanol–water partition coefficient (Wildman–Crippen LogP) is 1.09. The molecule has 0 fully saturated rings. The molecule has 0 spiro atoms. The van der Waals surface area contributed by atoms with E-state index in [1.165, 1.54) is 0 Å². The van der Waals surface area contributed by atoms with Crippen LogP contribution in [0.3, 0.4) is 0 Å². The third-order valence-electron chi connectivity index (χ3n) is 2.97. The Kier molecular flexibility index (Phi) is 3.64. The zero-order valence-electron chi connectivity index (χ0n) is 10.2. The van der Waals surface area contributed by atoms with Gasteiger partial charge in [0.25, 0.3) is 0 Å². The molecule has 92 valence electrons. The van der Waals surface area contributed by atoms with Crippen molar-refractivity contribution in [2.45, 2.75) is 13.0 Å². The van der Waals surface area contributed by atoms with Crippen LogP contribution < -0.4 is 15.4 Å². The normalized spacial score (nSPS) is 19.3. The minimum Gasteiger partial charge on any atom is -0.491 e. The first-order valence-corrected chi connectivity index (χ1v) is 5.89. The fourth-order valence-corrected chi connectivity index (χ4v) is 2.00. The van der Waals surface area contributed by atoms with Gasteiger partial charge in [0.05, 0.1) is 6.04 Å². The van der Waals surface area contributed by atoms with Gasteiger partial charge < -0.3 is 15.4 Å². The SMILES string of the molecule is CNCC(C)C(=O)NC1COc2ccccc21. The molecule has 0 bridgehead atoms. The summed E-state index contributed by atoms with van der Waals surface area (Å²) in [6.07, 6.45) is 0. The highest BCUT2D eigenvalue weighted by Crippen LogP contribution is 2.31. The number of nitrogens with one attached hydrogen (secondary N) is 2. The summed E-state index contributed by atoms with van der Waals surface area (Å²) in [5.41, 5.74) is 1.07. The number of hydrogen-bond acceptors (Lipinski definition) is 3. The van der Waals surface area contributed by atoms with Crippen molar-refractivity contribution >= 4 is 5.91 Å². The maximum absolute atomic E-state index is 11.9. The summed E-state index contributed by atoms with van der Waals surface area (Å²) in [5.74, 6) is 0.900. The summed E-state index contributed by atoms with van der Waals surface area (Å²) < 4.78 is 5.52. The number of para-hydroxylation sites is 1. The zero-order chi connectivity index (χ0) is 12.3. The Labute approximate surface area is 101 Å². The molecule has 0 radical (unpaired) electrons. The average Bonchev–Trinajstić information content (AvgIpc) is 2.73. The van der Waals surface area contributed by atoms with Crippen LogP contribution >= 0.6 is 0 Å². The van der Waals surface area contributed by atoms with Crippen molar-refractivity contribution in [1.29, 1.82) is 0 Å². The zero-order valence-corrected chi connectivity index (χ0v) is 10.2. The van der Waals surface area contributed by atoms with Crippen molar-refractivity contribution in [3.05, 3.63) is 29.8 Å². The lowest BCUT2D eigenvalue weighted by atomic mass is 10.1. The van der Waals surface area contributed by atoms with E-state index < -0.39 is 0 Å². The number of ether oxygens (including phenoxy) is 1. The minimum absolute atomic E-state index is 0.0157. The van der Waals surface area contributed by atoms with Crippen LogP contribution in [-0.2, 0) is 4.79 Å². The van der Waals surface area contributed by atoms with Gasteiger partial charge in [0.1, 0.15) is 12.4 Å². The number of benzene rings is 1. The second kappa shape index (κ2) is 5.19. The largest absolute Gasteiger partial charge is 0.491 e. The molecule has 1 amide bonds. The molecule has 2 N–H and O–H groups in total. The van der Waals surface area contributed by atoms with Crippen LogP contribution in [0.5, 0.6) is 5.75 Å². The Balaban J connectivity index is 2.00. The van der Waals surface area contributed by atoms with Crippen LogP contribution in [0.4, 0.5) is 0 Å². The topological polar surface area (TPSA) is 50.4 Å². The molecule has 1 aliphatic heterocycles. The molecule has 4 nitrogen and oxygen atoms in total. The Morgan fingerprint density at radius 1 is 1.53 bits per heavy atom. The quantitative estimate of drug-likeness (QED) is 0.820. The first-order valence-electron chi connectivity index (χ1n) is 5.89. The van der Waals surface area contributed by atoms with Crippen LogP contribution in [-0.4, -0.2) is 26.1 Å². The fraction of sp³-hybridized carbons (Fsp3) is 0.462. The molecule has 1 aromatic rings. The number of fused-ring (bicyclic) bond motifs is 1. The lowest BCUT2D eigenvalue weighted by Crippen LogP contribution is -2.37. The molecule has 2 atom stereocenters. The van der Waals surface area contributed by atoms with Crippen molar-refractivity contribution in [1.82, 2.24) is 10.6 Å². The molecule has 1 aromatic carbocycles. The van der Waals surface area contributed by atoms with Gasteiger partial charge in [-0.15, -0.1) is 0 Å². The predicted molar refractivity (Wildman–Crippen MR) is 65.9 cm³/mol. The van der Waals surface area contributed by atoms with Gasteiger partial charge in [-0.2, -0.15) is 0 Å². The molecular weight excluding hydrogens is 216 g/mol. The van der Waals surface area contributed by atoms with Crippen molar-refractivity contribution in [2.24, 2.45) is 5.92 Å². The highest BCUT2D eigenvalue weighted by molar-refractivity contribution is 5.79. The highest BCUT2D eigenvalue weighted by atomic mass is 16.5. The van der Waals surface area contributed by atoms with Crippen LogP contribution in [0.1, 0.15) is 18.5 Å². The summed E-state index contributed by atoms with van der Waals surface area (Å²) in [5, 5.41) is 6.02. The summed E-state index contributed by atoms with van der Waals surface area (Å²) in [6.45, 7) is 3.12. The third-order valence-corrected chi connectivity index (χ3v) is 2.97. The van der Waals surface area contributed by atoms with Crippen molar-refractivity contribution < 1.29 is 9.53 Å². The molecule has 0 saturated heterocycles. The second-order valence-electron chi connectivity index (χ2n) is 4.37. The molecule has 17 heavy (non-hydrogen) atoms. The number of rotatable bonds is 4. The number of carbonyl (C=O) groups excluding carboxylic acids is 1. The number of hydrogen-bond donors (Lipinski definition) is 2. The molecule has 0 aliphatic carbocycles. The van der Waals surface area contributed by atoms with Gasteiger partial charge in [-0.25, -0.2) is 0 Å². The van der Waals surface area contributed by atoms with Gasteiger partial charge in [0.2, 0.25) is 5.91 Å². The standard InChI is InChI=1S/C13H18N2O2/c1-9(7-14-2)13(16)15-11-8-17-12-6-4-3-5-10(11)12/h3-6,9,11,14H,7-8H2,1-2H3,(H,15,16). The van der Waals surface area contributed by atoms with Crippen molar-refractivity contribution in [3.8, 4) is 5.75 Å². The average molecular weight is 234 g/mol. The van der Waals surface area contributed by atoms with Gasteiger partial charge >= 0.3 is 0 Å². The molecule has 2 rings (SSSR count). The van der Waals surface area contributed by atoms with Crippen LogP contribution in [0, 0.1) is 5.92 Å². The smallest absolute Gasteiger partial charge is 0.224 e. The Morgan fingerprint density at radius 2 is 2.29 bits per heavy atom. The van der Waals surface area contributed by atoms with Crippen molar-refractivity contribution in [3.63, 3.8) is 0 Å². The molecule has 2 unspecified atom stereocenters. The van der Waals surface area contributed by atoms with E-state index in [0.717, 1.165) is 11.3 Å². The van der Waals surface area contributed by atoms with Crippen molar-refractivity contribution in [2.75, 3.05) is 20.2 Å². The first kappa shape index (κ1) is 11.9.